The molecule has 0 unspecified atom stereocenters. The van der Waals surface area contributed by atoms with Gasteiger partial charge in [-0.1, -0.05) is 58.5 Å². The Kier molecular flexibility index (Phi) is 10.3. The smallest absolute Gasteiger partial charge is 0.264 e. The van der Waals surface area contributed by atoms with Crippen molar-refractivity contribution < 1.29 is 18.0 Å². The summed E-state index contributed by atoms with van der Waals surface area (Å²) in [6.07, 6.45) is 0. The lowest BCUT2D eigenvalue weighted by Gasteiger charge is -2.32. The van der Waals surface area contributed by atoms with E-state index in [1.165, 1.54) is 41.3 Å². The third-order valence-corrected chi connectivity index (χ3v) is 8.65. The third kappa shape index (κ3) is 7.33. The number of hydrogen-bond donors (Lipinski definition) is 1. The van der Waals surface area contributed by atoms with Crippen molar-refractivity contribution in [3.05, 3.63) is 92.4 Å². The summed E-state index contributed by atoms with van der Waals surface area (Å²) in [5.41, 5.74) is 0.791. The molecule has 0 aliphatic heterocycles. The molecule has 0 aliphatic carbocycles. The summed E-state index contributed by atoms with van der Waals surface area (Å²) in [7, 11) is -4.23. The first-order valence-corrected chi connectivity index (χ1v) is 14.4. The zero-order chi connectivity index (χ0) is 28.0. The molecule has 0 radical (unpaired) electrons. The number of nitrogens with one attached hydrogen (secondary N) is 1. The van der Waals surface area contributed by atoms with Crippen LogP contribution in [0, 0.1) is 0 Å². The largest absolute Gasteiger partial charge is 0.355 e. The molecule has 7 nitrogen and oxygen atoms in total. The maximum atomic E-state index is 13.8. The molecule has 0 aromatic heterocycles. The summed E-state index contributed by atoms with van der Waals surface area (Å²) >= 11 is 24.3. The summed E-state index contributed by atoms with van der Waals surface area (Å²) in [6, 6.07) is 15.7. The second-order valence-electron chi connectivity index (χ2n) is 8.29. The molecule has 0 saturated heterocycles. The Labute approximate surface area is 242 Å². The number of amides is 2. The number of anilines is 1. The number of carbonyl (C=O) groups is 2. The monoisotopic (exact) mass is 615 g/mol. The Morgan fingerprint density at radius 3 is 2.18 bits per heavy atom. The number of carbonyl (C=O) groups excluding carboxylic acids is 2. The molecular weight excluding hydrogens is 592 g/mol. The first kappa shape index (κ1) is 30.1. The van der Waals surface area contributed by atoms with Gasteiger partial charge in [0.1, 0.15) is 12.6 Å². The van der Waals surface area contributed by atoms with Crippen molar-refractivity contribution >= 4 is 73.9 Å². The van der Waals surface area contributed by atoms with Crippen LogP contribution in [0.15, 0.2) is 71.6 Å². The maximum Gasteiger partial charge on any atom is 0.264 e. The van der Waals surface area contributed by atoms with Gasteiger partial charge in [-0.05, 0) is 74.0 Å². The molecule has 0 saturated carbocycles. The van der Waals surface area contributed by atoms with Gasteiger partial charge in [0.25, 0.3) is 10.0 Å². The molecule has 202 valence electrons. The normalized spacial score (nSPS) is 12.1. The average Bonchev–Trinajstić information content (AvgIpc) is 2.87. The molecule has 1 N–H and O–H groups in total. The molecule has 38 heavy (non-hydrogen) atoms. The highest BCUT2D eigenvalue weighted by atomic mass is 35.5. The Bertz CT molecular complexity index is 1420. The van der Waals surface area contributed by atoms with E-state index >= 15 is 0 Å². The van der Waals surface area contributed by atoms with Crippen molar-refractivity contribution in [1.82, 2.24) is 10.2 Å². The molecule has 3 aromatic rings. The second-order valence-corrected chi connectivity index (χ2v) is 11.8. The van der Waals surface area contributed by atoms with E-state index in [0.717, 1.165) is 4.31 Å². The van der Waals surface area contributed by atoms with E-state index in [0.29, 0.717) is 22.2 Å². The second kappa shape index (κ2) is 13.0. The molecule has 3 rings (SSSR count). The molecule has 0 aliphatic rings. The summed E-state index contributed by atoms with van der Waals surface area (Å²) in [4.78, 5) is 27.7. The summed E-state index contributed by atoms with van der Waals surface area (Å²) in [5, 5.41) is 3.97. The van der Waals surface area contributed by atoms with Crippen molar-refractivity contribution in [2.45, 2.75) is 31.3 Å². The fourth-order valence-corrected chi connectivity index (χ4v) is 5.67. The van der Waals surface area contributed by atoms with Gasteiger partial charge in [0, 0.05) is 23.1 Å². The lowest BCUT2D eigenvalue weighted by Crippen LogP contribution is -2.51. The fourth-order valence-electron chi connectivity index (χ4n) is 3.63. The van der Waals surface area contributed by atoms with E-state index < -0.39 is 34.4 Å². The molecule has 1 atom stereocenters. The standard InChI is InChI=1S/C26H25Cl4N3O4S/c1-3-31-26(35)17(2)32(15-18-7-12-23(29)24(30)13-18)25(34)16-33(21-6-4-5-20(28)14-21)38(36,37)22-10-8-19(27)9-11-22/h4-14,17H,3,15-16H2,1-2H3,(H,31,35)/t17-/m1/s1. The molecule has 3 aromatic carbocycles. The Morgan fingerprint density at radius 1 is 0.895 bits per heavy atom. The van der Waals surface area contributed by atoms with E-state index in [1.54, 1.807) is 44.2 Å². The van der Waals surface area contributed by atoms with Crippen LogP contribution in [0.1, 0.15) is 19.4 Å². The molecular formula is C26H25Cl4N3O4S. The Hall–Kier alpha value is -2.49. The van der Waals surface area contributed by atoms with Gasteiger partial charge in [0.2, 0.25) is 11.8 Å². The molecule has 12 heteroatoms. The Morgan fingerprint density at radius 2 is 1.58 bits per heavy atom. The zero-order valence-electron chi connectivity index (χ0n) is 20.5. The summed E-state index contributed by atoms with van der Waals surface area (Å²) < 4.78 is 28.4. The number of hydrogen-bond acceptors (Lipinski definition) is 4. The lowest BCUT2D eigenvalue weighted by atomic mass is 10.1. The van der Waals surface area contributed by atoms with Gasteiger partial charge in [-0.15, -0.1) is 0 Å². The predicted molar refractivity (Wildman–Crippen MR) is 153 cm³/mol. The minimum absolute atomic E-state index is 0.0155. The van der Waals surface area contributed by atoms with Crippen LogP contribution in [0.25, 0.3) is 0 Å². The minimum atomic E-state index is -4.23. The molecule has 2 amide bonds. The van der Waals surface area contributed by atoms with Crippen molar-refractivity contribution in [1.29, 1.82) is 0 Å². The van der Waals surface area contributed by atoms with Gasteiger partial charge in [-0.2, -0.15) is 0 Å². The van der Waals surface area contributed by atoms with Gasteiger partial charge < -0.3 is 10.2 Å². The van der Waals surface area contributed by atoms with Crippen LogP contribution in [0.4, 0.5) is 5.69 Å². The Balaban J connectivity index is 2.04. The van der Waals surface area contributed by atoms with E-state index in [-0.39, 0.29) is 27.2 Å². The van der Waals surface area contributed by atoms with Gasteiger partial charge in [-0.3, -0.25) is 13.9 Å². The number of benzene rings is 3. The fraction of sp³-hybridized carbons (Fsp3) is 0.231. The van der Waals surface area contributed by atoms with E-state index in [9.17, 15) is 18.0 Å². The third-order valence-electron chi connectivity index (χ3n) is 5.63. The average molecular weight is 617 g/mol. The van der Waals surface area contributed by atoms with Crippen molar-refractivity contribution in [2.24, 2.45) is 0 Å². The van der Waals surface area contributed by atoms with Crippen molar-refractivity contribution in [2.75, 3.05) is 17.4 Å². The van der Waals surface area contributed by atoms with Gasteiger partial charge in [-0.25, -0.2) is 8.42 Å². The highest BCUT2D eigenvalue weighted by molar-refractivity contribution is 7.92. The van der Waals surface area contributed by atoms with Crippen LogP contribution >= 0.6 is 46.4 Å². The molecule has 0 spiro atoms. The van der Waals surface area contributed by atoms with Gasteiger partial charge >= 0.3 is 0 Å². The number of halogens is 4. The zero-order valence-corrected chi connectivity index (χ0v) is 24.3. The van der Waals surface area contributed by atoms with Crippen LogP contribution in [0.5, 0.6) is 0 Å². The predicted octanol–water partition coefficient (Wildman–Crippen LogP) is 6.05. The van der Waals surface area contributed by atoms with E-state index in [4.69, 9.17) is 46.4 Å². The maximum absolute atomic E-state index is 13.8. The highest BCUT2D eigenvalue weighted by Crippen LogP contribution is 2.28. The van der Waals surface area contributed by atoms with Crippen LogP contribution in [-0.4, -0.2) is 44.3 Å². The van der Waals surface area contributed by atoms with Crippen LogP contribution in [0.2, 0.25) is 20.1 Å². The topological polar surface area (TPSA) is 86.8 Å². The van der Waals surface area contributed by atoms with Crippen molar-refractivity contribution in [3.8, 4) is 0 Å². The quantitative estimate of drug-likeness (QED) is 0.300. The van der Waals surface area contributed by atoms with Crippen LogP contribution in [-0.2, 0) is 26.2 Å². The van der Waals surface area contributed by atoms with Crippen molar-refractivity contribution in [3.63, 3.8) is 0 Å². The number of sulfonamides is 1. The van der Waals surface area contributed by atoms with Crippen LogP contribution < -0.4 is 9.62 Å². The number of nitrogens with zero attached hydrogens (tertiary/aromatic N) is 2. The SMILES string of the molecule is CCNC(=O)[C@@H](C)N(Cc1ccc(Cl)c(Cl)c1)C(=O)CN(c1cccc(Cl)c1)S(=O)(=O)c1ccc(Cl)cc1. The first-order valence-electron chi connectivity index (χ1n) is 11.5. The van der Waals surface area contributed by atoms with Gasteiger partial charge in [0.15, 0.2) is 0 Å². The summed E-state index contributed by atoms with van der Waals surface area (Å²) in [6.45, 7) is 3.07. The summed E-state index contributed by atoms with van der Waals surface area (Å²) in [5.74, 6) is -1.01. The number of likely N-dealkylation sites (N-methyl/N-ethyl adjacent to an activating group) is 1. The molecule has 0 bridgehead atoms. The van der Waals surface area contributed by atoms with Crippen LogP contribution in [0.3, 0.4) is 0 Å². The van der Waals surface area contributed by atoms with Gasteiger partial charge in [0.05, 0.1) is 20.6 Å². The first-order chi connectivity index (χ1) is 17.9. The molecule has 0 fully saturated rings. The minimum Gasteiger partial charge on any atom is -0.355 e. The lowest BCUT2D eigenvalue weighted by molar-refractivity contribution is -0.139. The highest BCUT2D eigenvalue weighted by Gasteiger charge is 2.32. The van der Waals surface area contributed by atoms with E-state index in [1.807, 2.05) is 0 Å². The van der Waals surface area contributed by atoms with E-state index in [2.05, 4.69) is 5.32 Å². The number of rotatable bonds is 10. The molecule has 0 heterocycles.